The number of likely N-dealkylation sites (tertiary alicyclic amines) is 1. The van der Waals surface area contributed by atoms with Gasteiger partial charge < -0.3 is 14.7 Å². The Bertz CT molecular complexity index is 852. The van der Waals surface area contributed by atoms with E-state index in [2.05, 4.69) is 51.5 Å². The lowest BCUT2D eigenvalue weighted by Gasteiger charge is -2.19. The number of hydrogen-bond donors (Lipinski definition) is 1. The maximum Gasteiger partial charge on any atom is 0.273 e. The van der Waals surface area contributed by atoms with Crippen molar-refractivity contribution in [3.63, 3.8) is 0 Å². The molecule has 3 heterocycles. The number of benzene rings is 1. The van der Waals surface area contributed by atoms with Gasteiger partial charge in [-0.3, -0.25) is 9.69 Å². The van der Waals surface area contributed by atoms with Crippen LogP contribution in [0.25, 0.3) is 0 Å². The van der Waals surface area contributed by atoms with E-state index in [0.717, 1.165) is 38.2 Å². The Morgan fingerprint density at radius 1 is 1.17 bits per heavy atom. The topological polar surface area (TPSA) is 61.6 Å². The Balaban J connectivity index is 1.15. The maximum absolute atomic E-state index is 12.6. The number of carbonyl (C=O) groups excluding carboxylic acids is 1. The monoisotopic (exact) mass is 394 g/mol. The lowest BCUT2D eigenvalue weighted by Crippen LogP contribution is -2.39. The van der Waals surface area contributed by atoms with E-state index < -0.39 is 0 Å². The molecule has 5 rings (SSSR count). The zero-order chi connectivity index (χ0) is 19.8. The first kappa shape index (κ1) is 18.7. The number of nitrogens with zero attached hydrogens (tertiary/aromatic N) is 3. The first-order chi connectivity index (χ1) is 14.2. The lowest BCUT2D eigenvalue weighted by molar-refractivity contribution is 0.0922. The van der Waals surface area contributed by atoms with Crippen LogP contribution in [0, 0.1) is 5.92 Å². The van der Waals surface area contributed by atoms with E-state index in [1.165, 1.54) is 37.2 Å². The van der Waals surface area contributed by atoms with E-state index in [9.17, 15) is 4.79 Å². The summed E-state index contributed by atoms with van der Waals surface area (Å²) in [5.41, 5.74) is 3.08. The van der Waals surface area contributed by atoms with Crippen molar-refractivity contribution < 1.29 is 9.32 Å². The summed E-state index contributed by atoms with van der Waals surface area (Å²) in [6.45, 7) is 7.35. The SMILES string of the molecule is C[C@H]1CN(Cc2ccc(N3CCCC3)cc2)C[C@@H]1NC(=O)c1cc(C2CC2)on1. The molecule has 6 heteroatoms. The molecule has 0 unspecified atom stereocenters. The second kappa shape index (κ2) is 7.82. The number of nitrogens with one attached hydrogen (secondary N) is 1. The van der Waals surface area contributed by atoms with Crippen LogP contribution in [-0.4, -0.2) is 48.2 Å². The van der Waals surface area contributed by atoms with Crippen LogP contribution in [0.15, 0.2) is 34.9 Å². The molecule has 1 aromatic heterocycles. The molecule has 6 nitrogen and oxygen atoms in total. The van der Waals surface area contributed by atoms with Crippen LogP contribution < -0.4 is 10.2 Å². The van der Waals surface area contributed by atoms with Gasteiger partial charge in [0, 0.05) is 56.4 Å². The number of anilines is 1. The van der Waals surface area contributed by atoms with Crippen molar-refractivity contribution in [3.8, 4) is 0 Å². The van der Waals surface area contributed by atoms with Gasteiger partial charge in [-0.05, 0) is 49.3 Å². The van der Waals surface area contributed by atoms with Crippen molar-refractivity contribution >= 4 is 11.6 Å². The third-order valence-corrected chi connectivity index (χ3v) is 6.56. The molecule has 1 saturated carbocycles. The van der Waals surface area contributed by atoms with Gasteiger partial charge >= 0.3 is 0 Å². The quantitative estimate of drug-likeness (QED) is 0.814. The summed E-state index contributed by atoms with van der Waals surface area (Å²) in [5, 5.41) is 7.14. The molecule has 0 bridgehead atoms. The zero-order valence-corrected chi connectivity index (χ0v) is 17.1. The number of carbonyl (C=O) groups is 1. The molecular formula is C23H30N4O2. The van der Waals surface area contributed by atoms with Gasteiger partial charge in [0.2, 0.25) is 0 Å². The molecule has 154 valence electrons. The molecule has 3 aliphatic rings. The minimum atomic E-state index is -0.116. The average molecular weight is 395 g/mol. The van der Waals surface area contributed by atoms with Crippen molar-refractivity contribution in [2.45, 2.75) is 51.1 Å². The fraction of sp³-hybridized carbons (Fsp3) is 0.565. The highest BCUT2D eigenvalue weighted by molar-refractivity contribution is 5.92. The molecule has 1 aromatic carbocycles. The second-order valence-corrected chi connectivity index (χ2v) is 9.00. The molecule has 1 N–H and O–H groups in total. The molecule has 0 radical (unpaired) electrons. The maximum atomic E-state index is 12.6. The molecular weight excluding hydrogens is 364 g/mol. The van der Waals surface area contributed by atoms with Gasteiger partial charge in [0.25, 0.3) is 5.91 Å². The van der Waals surface area contributed by atoms with Crippen molar-refractivity contribution in [2.24, 2.45) is 5.92 Å². The molecule has 3 fully saturated rings. The van der Waals surface area contributed by atoms with Crippen LogP contribution in [0.3, 0.4) is 0 Å². The predicted molar refractivity (Wildman–Crippen MR) is 112 cm³/mol. The van der Waals surface area contributed by atoms with Crippen molar-refractivity contribution in [3.05, 3.63) is 47.3 Å². The largest absolute Gasteiger partial charge is 0.372 e. The van der Waals surface area contributed by atoms with Gasteiger partial charge in [0.15, 0.2) is 5.69 Å². The molecule has 2 aromatic rings. The fourth-order valence-corrected chi connectivity index (χ4v) is 4.63. The fourth-order valence-electron chi connectivity index (χ4n) is 4.63. The van der Waals surface area contributed by atoms with E-state index in [4.69, 9.17) is 4.52 Å². The Kier molecular flexibility index (Phi) is 5.04. The predicted octanol–water partition coefficient (Wildman–Crippen LogP) is 3.40. The number of aromatic nitrogens is 1. The van der Waals surface area contributed by atoms with Crippen LogP contribution in [0.1, 0.15) is 60.3 Å². The van der Waals surface area contributed by atoms with Gasteiger partial charge in [0.05, 0.1) is 0 Å². The minimum absolute atomic E-state index is 0.116. The smallest absolute Gasteiger partial charge is 0.273 e. The first-order valence-corrected chi connectivity index (χ1v) is 11.0. The highest BCUT2D eigenvalue weighted by atomic mass is 16.5. The Labute approximate surface area is 172 Å². The van der Waals surface area contributed by atoms with Gasteiger partial charge in [-0.25, -0.2) is 0 Å². The molecule has 1 amide bonds. The lowest BCUT2D eigenvalue weighted by atomic mass is 10.1. The molecule has 2 saturated heterocycles. The van der Waals surface area contributed by atoms with Crippen LogP contribution in [0.4, 0.5) is 5.69 Å². The Hall–Kier alpha value is -2.34. The van der Waals surface area contributed by atoms with Crippen LogP contribution in [-0.2, 0) is 6.54 Å². The number of hydrogen-bond acceptors (Lipinski definition) is 5. The van der Waals surface area contributed by atoms with E-state index >= 15 is 0 Å². The normalized spacial score (nSPS) is 24.9. The first-order valence-electron chi connectivity index (χ1n) is 11.0. The minimum Gasteiger partial charge on any atom is -0.372 e. The van der Waals surface area contributed by atoms with E-state index in [1.54, 1.807) is 0 Å². The summed E-state index contributed by atoms with van der Waals surface area (Å²) in [6, 6.07) is 11.0. The molecule has 2 aliphatic heterocycles. The van der Waals surface area contributed by atoms with E-state index in [1.807, 2.05) is 6.07 Å². The average Bonchev–Trinajstić information content (AvgIpc) is 3.11. The third kappa shape index (κ3) is 4.17. The second-order valence-electron chi connectivity index (χ2n) is 9.00. The summed E-state index contributed by atoms with van der Waals surface area (Å²) in [4.78, 5) is 17.5. The molecule has 29 heavy (non-hydrogen) atoms. The van der Waals surface area contributed by atoms with Gasteiger partial charge in [-0.2, -0.15) is 0 Å². The Morgan fingerprint density at radius 3 is 2.66 bits per heavy atom. The molecule has 2 atom stereocenters. The van der Waals surface area contributed by atoms with Crippen LogP contribution >= 0.6 is 0 Å². The summed E-state index contributed by atoms with van der Waals surface area (Å²) in [5.74, 6) is 1.63. The summed E-state index contributed by atoms with van der Waals surface area (Å²) in [6.07, 6.45) is 4.89. The molecule has 1 aliphatic carbocycles. The molecule has 0 spiro atoms. The number of amides is 1. The van der Waals surface area contributed by atoms with Crippen molar-refractivity contribution in [1.29, 1.82) is 0 Å². The van der Waals surface area contributed by atoms with Crippen LogP contribution in [0.2, 0.25) is 0 Å². The van der Waals surface area contributed by atoms with Gasteiger partial charge in [-0.1, -0.05) is 24.2 Å². The highest BCUT2D eigenvalue weighted by Gasteiger charge is 2.33. The van der Waals surface area contributed by atoms with Gasteiger partial charge in [0.1, 0.15) is 5.76 Å². The summed E-state index contributed by atoms with van der Waals surface area (Å²) >= 11 is 0. The highest BCUT2D eigenvalue weighted by Crippen LogP contribution is 2.40. The van der Waals surface area contributed by atoms with Gasteiger partial charge in [-0.15, -0.1) is 0 Å². The van der Waals surface area contributed by atoms with E-state index in [0.29, 0.717) is 17.5 Å². The van der Waals surface area contributed by atoms with Crippen molar-refractivity contribution in [1.82, 2.24) is 15.4 Å². The summed E-state index contributed by atoms with van der Waals surface area (Å²) < 4.78 is 5.32. The number of rotatable bonds is 6. The summed E-state index contributed by atoms with van der Waals surface area (Å²) in [7, 11) is 0. The third-order valence-electron chi connectivity index (χ3n) is 6.56. The Morgan fingerprint density at radius 2 is 1.93 bits per heavy atom. The van der Waals surface area contributed by atoms with Crippen LogP contribution in [0.5, 0.6) is 0 Å². The zero-order valence-electron chi connectivity index (χ0n) is 17.1. The van der Waals surface area contributed by atoms with Crippen molar-refractivity contribution in [2.75, 3.05) is 31.1 Å². The standard InChI is InChI=1S/C23H30N4O2/c1-16-13-26(14-17-4-8-19(9-5-17)27-10-2-3-11-27)15-21(16)24-23(28)20-12-22(29-25-20)18-6-7-18/h4-5,8-9,12,16,18,21H,2-3,6-7,10-11,13-15H2,1H3,(H,24,28)/t16-,21-/m0/s1. The van der Waals surface area contributed by atoms with E-state index in [-0.39, 0.29) is 11.9 Å².